The van der Waals surface area contributed by atoms with Gasteiger partial charge in [-0.25, -0.2) is 8.42 Å². The predicted octanol–water partition coefficient (Wildman–Crippen LogP) is 4.24. The summed E-state index contributed by atoms with van der Waals surface area (Å²) < 4.78 is 27.3. The number of hydrogen-bond donors (Lipinski definition) is 2. The Bertz CT molecular complexity index is 981. The molecule has 6 heteroatoms. The fourth-order valence-electron chi connectivity index (χ4n) is 2.26. The van der Waals surface area contributed by atoms with Gasteiger partial charge < -0.3 is 0 Å². The van der Waals surface area contributed by atoms with Gasteiger partial charge in [-0.3, -0.25) is 10.1 Å². The van der Waals surface area contributed by atoms with Crippen LogP contribution in [0.25, 0.3) is 0 Å². The lowest BCUT2D eigenvalue weighted by Gasteiger charge is -2.09. The van der Waals surface area contributed by atoms with Crippen molar-refractivity contribution in [2.45, 2.75) is 11.8 Å². The summed E-state index contributed by atoms with van der Waals surface area (Å²) in [5.41, 5.74) is 6.16. The molecule has 3 aromatic rings. The lowest BCUT2D eigenvalue weighted by molar-refractivity contribution is 0.601. The van der Waals surface area contributed by atoms with Gasteiger partial charge in [0.1, 0.15) is 0 Å². The molecule has 0 aliphatic heterocycles. The van der Waals surface area contributed by atoms with Gasteiger partial charge in [-0.05, 0) is 48.9 Å². The van der Waals surface area contributed by atoms with E-state index in [0.29, 0.717) is 5.69 Å². The van der Waals surface area contributed by atoms with E-state index in [9.17, 15) is 8.42 Å². The zero-order chi connectivity index (χ0) is 18.4. The normalized spacial score (nSPS) is 11.4. The smallest absolute Gasteiger partial charge is 0.261 e. The number of anilines is 2. The number of rotatable bonds is 6. The molecule has 0 aromatic heterocycles. The Labute approximate surface area is 153 Å². The van der Waals surface area contributed by atoms with Crippen molar-refractivity contribution in [3.8, 4) is 0 Å². The van der Waals surface area contributed by atoms with Crippen LogP contribution >= 0.6 is 0 Å². The summed E-state index contributed by atoms with van der Waals surface area (Å²) in [5, 5.41) is 4.16. The van der Waals surface area contributed by atoms with E-state index in [1.54, 1.807) is 54.7 Å². The van der Waals surface area contributed by atoms with E-state index in [0.717, 1.165) is 16.8 Å². The van der Waals surface area contributed by atoms with Crippen molar-refractivity contribution in [2.24, 2.45) is 5.10 Å². The maximum absolute atomic E-state index is 12.4. The molecule has 0 unspecified atom stereocenters. The largest absolute Gasteiger partial charge is 0.280 e. The zero-order valence-electron chi connectivity index (χ0n) is 14.3. The van der Waals surface area contributed by atoms with Crippen LogP contribution in [-0.2, 0) is 10.0 Å². The van der Waals surface area contributed by atoms with Crippen LogP contribution in [0.2, 0.25) is 0 Å². The van der Waals surface area contributed by atoms with Crippen LogP contribution in [0.15, 0.2) is 88.9 Å². The predicted molar refractivity (Wildman–Crippen MR) is 106 cm³/mol. The maximum atomic E-state index is 12.4. The van der Waals surface area contributed by atoms with Gasteiger partial charge >= 0.3 is 0 Å². The van der Waals surface area contributed by atoms with E-state index >= 15 is 0 Å². The molecule has 0 heterocycles. The molecule has 0 aliphatic rings. The average molecular weight is 365 g/mol. The van der Waals surface area contributed by atoms with Crippen molar-refractivity contribution in [1.29, 1.82) is 0 Å². The lowest BCUT2D eigenvalue weighted by Crippen LogP contribution is -2.12. The maximum Gasteiger partial charge on any atom is 0.261 e. The van der Waals surface area contributed by atoms with E-state index in [-0.39, 0.29) is 4.90 Å². The number of sulfonamides is 1. The third kappa shape index (κ3) is 4.70. The third-order valence-corrected chi connectivity index (χ3v) is 5.07. The summed E-state index contributed by atoms with van der Waals surface area (Å²) in [4.78, 5) is 0.234. The molecule has 0 spiro atoms. The second-order valence-electron chi connectivity index (χ2n) is 5.78. The number of benzene rings is 3. The highest BCUT2D eigenvalue weighted by molar-refractivity contribution is 7.92. The quantitative estimate of drug-likeness (QED) is 0.507. The molecule has 0 bridgehead atoms. The molecule has 2 N–H and O–H groups in total. The molecule has 0 amide bonds. The minimum absolute atomic E-state index is 0.234. The molecule has 5 nitrogen and oxygen atoms in total. The molecule has 0 aliphatic carbocycles. The van der Waals surface area contributed by atoms with Gasteiger partial charge in [-0.1, -0.05) is 48.0 Å². The summed E-state index contributed by atoms with van der Waals surface area (Å²) in [6.45, 7) is 1.91. The molecule has 0 atom stereocenters. The van der Waals surface area contributed by atoms with Gasteiger partial charge in [0.2, 0.25) is 0 Å². The molecule has 0 radical (unpaired) electrons. The lowest BCUT2D eigenvalue weighted by atomic mass is 10.2. The van der Waals surface area contributed by atoms with Crippen LogP contribution in [0, 0.1) is 6.92 Å². The first-order chi connectivity index (χ1) is 12.5. The third-order valence-electron chi connectivity index (χ3n) is 3.68. The number of aryl methyl sites for hydroxylation is 1. The highest BCUT2D eigenvalue weighted by Gasteiger charge is 2.13. The molecular weight excluding hydrogens is 346 g/mol. The highest BCUT2D eigenvalue weighted by atomic mass is 32.2. The topological polar surface area (TPSA) is 70.6 Å². The monoisotopic (exact) mass is 365 g/mol. The summed E-state index contributed by atoms with van der Waals surface area (Å²) in [6.07, 6.45) is 1.72. The van der Waals surface area contributed by atoms with E-state index in [1.165, 1.54) is 0 Å². The van der Waals surface area contributed by atoms with Crippen molar-refractivity contribution < 1.29 is 8.42 Å². The Morgan fingerprint density at radius 2 is 1.42 bits per heavy atom. The van der Waals surface area contributed by atoms with Gasteiger partial charge in [-0.15, -0.1) is 0 Å². The van der Waals surface area contributed by atoms with Crippen molar-refractivity contribution in [3.05, 3.63) is 90.0 Å². The van der Waals surface area contributed by atoms with Gasteiger partial charge in [0.05, 0.1) is 16.8 Å². The summed E-state index contributed by atoms with van der Waals surface area (Å²) >= 11 is 0. The molecule has 0 fully saturated rings. The second-order valence-corrected chi connectivity index (χ2v) is 7.46. The molecule has 0 saturated carbocycles. The first-order valence-corrected chi connectivity index (χ1v) is 9.55. The Kier molecular flexibility index (Phi) is 5.34. The van der Waals surface area contributed by atoms with E-state index in [4.69, 9.17) is 0 Å². The van der Waals surface area contributed by atoms with Gasteiger partial charge in [0.25, 0.3) is 10.0 Å². The molecule has 26 heavy (non-hydrogen) atoms. The SMILES string of the molecule is Cc1ccc(S(=O)(=O)Nc2ccc(N/N=C/c3ccccc3)cc2)cc1. The summed E-state index contributed by atoms with van der Waals surface area (Å²) in [6, 6.07) is 23.3. The van der Waals surface area contributed by atoms with Crippen molar-refractivity contribution in [2.75, 3.05) is 10.1 Å². The summed E-state index contributed by atoms with van der Waals surface area (Å²) in [7, 11) is -3.60. The van der Waals surface area contributed by atoms with E-state index in [1.807, 2.05) is 37.3 Å². The molecule has 3 aromatic carbocycles. The van der Waals surface area contributed by atoms with Crippen molar-refractivity contribution >= 4 is 27.6 Å². The van der Waals surface area contributed by atoms with Crippen LogP contribution < -0.4 is 10.1 Å². The number of nitrogens with one attached hydrogen (secondary N) is 2. The fourth-order valence-corrected chi connectivity index (χ4v) is 3.32. The minimum atomic E-state index is -3.60. The molecular formula is C20H19N3O2S. The van der Waals surface area contributed by atoms with Crippen molar-refractivity contribution in [3.63, 3.8) is 0 Å². The first-order valence-electron chi connectivity index (χ1n) is 8.07. The Morgan fingerprint density at radius 3 is 2.08 bits per heavy atom. The Balaban J connectivity index is 1.64. The Hall–Kier alpha value is -3.12. The molecule has 0 saturated heterocycles. The van der Waals surface area contributed by atoms with Gasteiger partial charge in [0.15, 0.2) is 0 Å². The van der Waals surface area contributed by atoms with Crippen LogP contribution in [0.4, 0.5) is 11.4 Å². The number of hydrazone groups is 1. The van der Waals surface area contributed by atoms with Crippen LogP contribution in [0.1, 0.15) is 11.1 Å². The minimum Gasteiger partial charge on any atom is -0.280 e. The number of hydrogen-bond acceptors (Lipinski definition) is 4. The average Bonchev–Trinajstić information content (AvgIpc) is 2.64. The van der Waals surface area contributed by atoms with Crippen LogP contribution in [0.3, 0.4) is 0 Å². The van der Waals surface area contributed by atoms with E-state index < -0.39 is 10.0 Å². The van der Waals surface area contributed by atoms with Crippen molar-refractivity contribution in [1.82, 2.24) is 0 Å². The van der Waals surface area contributed by atoms with Gasteiger partial charge in [0, 0.05) is 5.69 Å². The van der Waals surface area contributed by atoms with Crippen LogP contribution in [-0.4, -0.2) is 14.6 Å². The Morgan fingerprint density at radius 1 is 0.808 bits per heavy atom. The highest BCUT2D eigenvalue weighted by Crippen LogP contribution is 2.18. The number of nitrogens with zero attached hydrogens (tertiary/aromatic N) is 1. The van der Waals surface area contributed by atoms with Crippen LogP contribution in [0.5, 0.6) is 0 Å². The van der Waals surface area contributed by atoms with Gasteiger partial charge in [-0.2, -0.15) is 5.10 Å². The second kappa shape index (κ2) is 7.84. The standard InChI is InChI=1S/C20H19N3O2S/c1-16-7-13-20(14-8-16)26(24,25)23-19-11-9-18(10-12-19)22-21-15-17-5-3-2-4-6-17/h2-15,22-23H,1H3/b21-15+. The molecule has 132 valence electrons. The summed E-state index contributed by atoms with van der Waals surface area (Å²) in [5.74, 6) is 0. The first kappa shape index (κ1) is 17.7. The molecule has 3 rings (SSSR count). The fraction of sp³-hybridized carbons (Fsp3) is 0.0500. The zero-order valence-corrected chi connectivity index (χ0v) is 15.1. The van der Waals surface area contributed by atoms with E-state index in [2.05, 4.69) is 15.2 Å².